The summed E-state index contributed by atoms with van der Waals surface area (Å²) < 4.78 is 6.66. The van der Waals surface area contributed by atoms with Gasteiger partial charge in [0.1, 0.15) is 5.82 Å². The lowest BCUT2D eigenvalue weighted by Gasteiger charge is -2.12. The number of hydrogen-bond acceptors (Lipinski definition) is 5. The second-order valence-electron chi connectivity index (χ2n) is 5.37. The summed E-state index contributed by atoms with van der Waals surface area (Å²) in [6, 6.07) is 9.92. The average molecular weight is 363 g/mol. The zero-order valence-corrected chi connectivity index (χ0v) is 14.1. The molecule has 3 rings (SSSR count). The minimum absolute atomic E-state index is 0.270. The molecule has 1 fully saturated rings. The summed E-state index contributed by atoms with van der Waals surface area (Å²) in [6.07, 6.45) is 2.51. The molecule has 1 aliphatic heterocycles. The zero-order chi connectivity index (χ0) is 15.4. The molecule has 0 amide bonds. The molecule has 0 aliphatic carbocycles. The van der Waals surface area contributed by atoms with E-state index in [1.165, 1.54) is 0 Å². The van der Waals surface area contributed by atoms with Crippen LogP contribution in [-0.4, -0.2) is 29.2 Å². The number of aryl methyl sites for hydroxylation is 1. The molecule has 1 aliphatic rings. The normalized spacial score (nSPS) is 17.5. The number of benzene rings is 1. The van der Waals surface area contributed by atoms with Crippen molar-refractivity contribution in [1.29, 1.82) is 0 Å². The van der Waals surface area contributed by atoms with E-state index in [1.54, 1.807) is 0 Å². The van der Waals surface area contributed by atoms with Crippen LogP contribution in [0.2, 0.25) is 0 Å². The number of ether oxygens (including phenoxy) is 1. The fourth-order valence-electron chi connectivity index (χ4n) is 2.40. The van der Waals surface area contributed by atoms with Gasteiger partial charge in [-0.15, -0.1) is 0 Å². The van der Waals surface area contributed by atoms with Gasteiger partial charge in [0.2, 0.25) is 5.95 Å². The van der Waals surface area contributed by atoms with E-state index in [1.807, 2.05) is 37.3 Å². The molecule has 0 spiro atoms. The smallest absolute Gasteiger partial charge is 0.224 e. The Kier molecular flexibility index (Phi) is 4.90. The van der Waals surface area contributed by atoms with Crippen LogP contribution in [0, 0.1) is 6.92 Å². The summed E-state index contributed by atoms with van der Waals surface area (Å²) >= 11 is 3.43. The molecule has 2 N–H and O–H groups in total. The minimum Gasteiger partial charge on any atom is -0.376 e. The van der Waals surface area contributed by atoms with Crippen LogP contribution >= 0.6 is 15.9 Å². The number of anilines is 3. The maximum absolute atomic E-state index is 5.60. The van der Waals surface area contributed by atoms with Crippen molar-refractivity contribution < 1.29 is 4.74 Å². The van der Waals surface area contributed by atoms with Crippen LogP contribution in [0.25, 0.3) is 0 Å². The summed E-state index contributed by atoms with van der Waals surface area (Å²) in [6.45, 7) is 3.57. The third-order valence-corrected chi connectivity index (χ3v) is 4.01. The topological polar surface area (TPSA) is 59.1 Å². The fraction of sp³-hybridized carbons (Fsp3) is 0.375. The summed E-state index contributed by atoms with van der Waals surface area (Å²) in [4.78, 5) is 8.94. The monoisotopic (exact) mass is 362 g/mol. The first kappa shape index (κ1) is 15.2. The Morgan fingerprint density at radius 2 is 2.09 bits per heavy atom. The molecule has 1 aromatic carbocycles. The molecule has 0 radical (unpaired) electrons. The lowest BCUT2D eigenvalue weighted by Crippen LogP contribution is -2.20. The van der Waals surface area contributed by atoms with Crippen molar-refractivity contribution in [2.45, 2.75) is 25.9 Å². The van der Waals surface area contributed by atoms with E-state index < -0.39 is 0 Å². The summed E-state index contributed by atoms with van der Waals surface area (Å²) in [7, 11) is 0. The Morgan fingerprint density at radius 3 is 2.82 bits per heavy atom. The van der Waals surface area contributed by atoms with E-state index in [0.717, 1.165) is 47.7 Å². The standard InChI is InChI=1S/C16H19BrN4O/c1-11-9-15(20-13-6-4-12(17)5-7-13)21-16(19-11)18-10-14-3-2-8-22-14/h4-7,9,14H,2-3,8,10H2,1H3,(H2,18,19,20,21). The minimum atomic E-state index is 0.270. The average Bonchev–Trinajstić information content (AvgIpc) is 3.00. The summed E-state index contributed by atoms with van der Waals surface area (Å²) in [5.74, 6) is 1.42. The van der Waals surface area contributed by atoms with E-state index >= 15 is 0 Å². The van der Waals surface area contributed by atoms with Crippen LogP contribution in [0.1, 0.15) is 18.5 Å². The molecular weight excluding hydrogens is 344 g/mol. The predicted octanol–water partition coefficient (Wildman–Crippen LogP) is 3.88. The lowest BCUT2D eigenvalue weighted by atomic mass is 10.2. The highest BCUT2D eigenvalue weighted by molar-refractivity contribution is 9.10. The summed E-state index contributed by atoms with van der Waals surface area (Å²) in [5, 5.41) is 6.57. The Hall–Kier alpha value is -1.66. The molecule has 0 bridgehead atoms. The molecule has 2 heterocycles. The van der Waals surface area contributed by atoms with Gasteiger partial charge in [0, 0.05) is 35.1 Å². The van der Waals surface area contributed by atoms with Crippen molar-refractivity contribution >= 4 is 33.4 Å². The van der Waals surface area contributed by atoms with Crippen molar-refractivity contribution in [3.8, 4) is 0 Å². The quantitative estimate of drug-likeness (QED) is 0.844. The highest BCUT2D eigenvalue weighted by atomic mass is 79.9. The first-order valence-corrected chi connectivity index (χ1v) is 8.22. The molecule has 0 saturated carbocycles. The van der Waals surface area contributed by atoms with Crippen molar-refractivity contribution in [3.05, 3.63) is 40.5 Å². The SMILES string of the molecule is Cc1cc(Nc2ccc(Br)cc2)nc(NCC2CCCO2)n1. The van der Waals surface area contributed by atoms with E-state index in [-0.39, 0.29) is 6.10 Å². The Balaban J connectivity index is 1.67. The van der Waals surface area contributed by atoms with Crippen molar-refractivity contribution in [3.63, 3.8) is 0 Å². The molecule has 22 heavy (non-hydrogen) atoms. The van der Waals surface area contributed by atoms with Gasteiger partial charge < -0.3 is 15.4 Å². The summed E-state index contributed by atoms with van der Waals surface area (Å²) in [5.41, 5.74) is 1.91. The highest BCUT2D eigenvalue weighted by Crippen LogP contribution is 2.19. The second-order valence-corrected chi connectivity index (χ2v) is 6.28. The van der Waals surface area contributed by atoms with E-state index in [0.29, 0.717) is 5.95 Å². The molecule has 1 aromatic heterocycles. The number of nitrogens with zero attached hydrogens (tertiary/aromatic N) is 2. The molecule has 5 nitrogen and oxygen atoms in total. The zero-order valence-electron chi connectivity index (χ0n) is 12.5. The van der Waals surface area contributed by atoms with E-state index in [4.69, 9.17) is 4.74 Å². The molecular formula is C16H19BrN4O. The van der Waals surface area contributed by atoms with Gasteiger partial charge in [-0.3, -0.25) is 0 Å². The van der Waals surface area contributed by atoms with Crippen molar-refractivity contribution in [2.24, 2.45) is 0 Å². The van der Waals surface area contributed by atoms with Crippen LogP contribution in [0.5, 0.6) is 0 Å². The fourth-order valence-corrected chi connectivity index (χ4v) is 2.67. The van der Waals surface area contributed by atoms with Crippen LogP contribution < -0.4 is 10.6 Å². The third kappa shape index (κ3) is 4.18. The van der Waals surface area contributed by atoms with Gasteiger partial charge >= 0.3 is 0 Å². The largest absolute Gasteiger partial charge is 0.376 e. The Bertz CT molecular complexity index is 627. The first-order chi connectivity index (χ1) is 10.7. The molecule has 6 heteroatoms. The maximum atomic E-state index is 5.60. The highest BCUT2D eigenvalue weighted by Gasteiger charge is 2.15. The van der Waals surface area contributed by atoms with Gasteiger partial charge in [0.15, 0.2) is 0 Å². The van der Waals surface area contributed by atoms with Crippen molar-refractivity contribution in [1.82, 2.24) is 9.97 Å². The van der Waals surface area contributed by atoms with E-state index in [9.17, 15) is 0 Å². The lowest BCUT2D eigenvalue weighted by molar-refractivity contribution is 0.120. The number of aromatic nitrogens is 2. The number of hydrogen-bond donors (Lipinski definition) is 2. The molecule has 116 valence electrons. The van der Waals surface area contributed by atoms with Crippen LogP contribution in [0.3, 0.4) is 0 Å². The Morgan fingerprint density at radius 1 is 1.27 bits per heavy atom. The van der Waals surface area contributed by atoms with Gasteiger partial charge in [-0.05, 0) is 44.0 Å². The number of rotatable bonds is 5. The van der Waals surface area contributed by atoms with Gasteiger partial charge in [-0.25, -0.2) is 4.98 Å². The number of nitrogens with one attached hydrogen (secondary N) is 2. The molecule has 2 aromatic rings. The van der Waals surface area contributed by atoms with Gasteiger partial charge in [-0.2, -0.15) is 4.98 Å². The first-order valence-electron chi connectivity index (χ1n) is 7.43. The molecule has 1 unspecified atom stereocenters. The van der Waals surface area contributed by atoms with Gasteiger partial charge in [0.05, 0.1) is 6.10 Å². The van der Waals surface area contributed by atoms with E-state index in [2.05, 4.69) is 36.5 Å². The predicted molar refractivity (Wildman–Crippen MR) is 91.7 cm³/mol. The second kappa shape index (κ2) is 7.07. The Labute approximate surface area is 138 Å². The van der Waals surface area contributed by atoms with Gasteiger partial charge in [0.25, 0.3) is 0 Å². The molecule has 1 atom stereocenters. The van der Waals surface area contributed by atoms with Crippen LogP contribution in [-0.2, 0) is 4.74 Å². The van der Waals surface area contributed by atoms with Crippen LogP contribution in [0.4, 0.5) is 17.5 Å². The van der Waals surface area contributed by atoms with Crippen molar-refractivity contribution in [2.75, 3.05) is 23.8 Å². The molecule has 1 saturated heterocycles. The van der Waals surface area contributed by atoms with Crippen LogP contribution in [0.15, 0.2) is 34.8 Å². The van der Waals surface area contributed by atoms with Gasteiger partial charge in [-0.1, -0.05) is 15.9 Å². The number of halogens is 1. The maximum Gasteiger partial charge on any atom is 0.224 e. The third-order valence-electron chi connectivity index (χ3n) is 3.48.